The largest absolute Gasteiger partial charge is 0.654 e. The van der Waals surface area contributed by atoms with Crippen LogP contribution in [0.25, 0.3) is 11.0 Å². The highest BCUT2D eigenvalue weighted by Gasteiger charge is 2.10. The van der Waals surface area contributed by atoms with Crippen molar-refractivity contribution in [3.63, 3.8) is 0 Å². The van der Waals surface area contributed by atoms with Gasteiger partial charge in [0.15, 0.2) is 0 Å². The van der Waals surface area contributed by atoms with Gasteiger partial charge in [-0.3, -0.25) is 10.1 Å². The SMILES string of the molecule is O=[N+]([O-])c1c[n-]c2c(Cl)ncnc12. The summed E-state index contributed by atoms with van der Waals surface area (Å²) in [6.45, 7) is 0. The van der Waals surface area contributed by atoms with Crippen LogP contribution in [0.1, 0.15) is 0 Å². The first-order valence-corrected chi connectivity index (χ1v) is 3.64. The van der Waals surface area contributed by atoms with E-state index in [4.69, 9.17) is 11.6 Å². The molecule has 0 N–H and O–H groups in total. The summed E-state index contributed by atoms with van der Waals surface area (Å²) in [6.07, 6.45) is 2.28. The standard InChI is InChI=1S/C6H2ClN4O2/c7-6-5-4(9-2-10-6)3(1-8-5)11(12)13/h1-2H/q-1. The van der Waals surface area contributed by atoms with Gasteiger partial charge in [0.1, 0.15) is 17.0 Å². The van der Waals surface area contributed by atoms with E-state index in [1.165, 1.54) is 6.33 Å². The Hall–Kier alpha value is -1.69. The number of halogens is 1. The van der Waals surface area contributed by atoms with Crippen molar-refractivity contribution in [1.29, 1.82) is 0 Å². The first-order valence-electron chi connectivity index (χ1n) is 3.26. The Morgan fingerprint density at radius 3 is 3.00 bits per heavy atom. The molecule has 2 heterocycles. The summed E-state index contributed by atoms with van der Waals surface area (Å²) >= 11 is 5.64. The molecule has 0 radical (unpaired) electrons. The van der Waals surface area contributed by atoms with Crippen molar-refractivity contribution in [2.45, 2.75) is 0 Å². The molecule has 0 atom stereocenters. The molecule has 7 heteroatoms. The molecule has 0 aliphatic rings. The molecule has 6 nitrogen and oxygen atoms in total. The molecular formula is C6H2ClN4O2-. The lowest BCUT2D eigenvalue weighted by Gasteiger charge is -1.96. The van der Waals surface area contributed by atoms with Gasteiger partial charge in [0.05, 0.1) is 4.92 Å². The second-order valence-electron chi connectivity index (χ2n) is 2.26. The quantitative estimate of drug-likeness (QED) is 0.389. The summed E-state index contributed by atoms with van der Waals surface area (Å²) < 4.78 is 0. The third-order valence-corrected chi connectivity index (χ3v) is 1.81. The number of fused-ring (bicyclic) bond motifs is 1. The topological polar surface area (TPSA) is 83.0 Å². The minimum absolute atomic E-state index is 0.123. The van der Waals surface area contributed by atoms with E-state index in [2.05, 4.69) is 15.0 Å². The molecule has 0 amide bonds. The minimum Gasteiger partial charge on any atom is -0.654 e. The van der Waals surface area contributed by atoms with Gasteiger partial charge in [-0.2, -0.15) is 0 Å². The predicted molar refractivity (Wildman–Crippen MR) is 44.5 cm³/mol. The smallest absolute Gasteiger partial charge is 0.272 e. The molecule has 2 rings (SSSR count). The third kappa shape index (κ3) is 1.11. The maximum absolute atomic E-state index is 10.4. The van der Waals surface area contributed by atoms with Gasteiger partial charge in [-0.15, -0.1) is 0 Å². The van der Waals surface area contributed by atoms with Crippen LogP contribution >= 0.6 is 11.6 Å². The Morgan fingerprint density at radius 1 is 1.54 bits per heavy atom. The van der Waals surface area contributed by atoms with Crippen molar-refractivity contribution in [1.82, 2.24) is 15.0 Å². The molecule has 0 saturated heterocycles. The zero-order valence-electron chi connectivity index (χ0n) is 6.14. The van der Waals surface area contributed by atoms with Gasteiger partial charge in [-0.05, 0) is 0 Å². The summed E-state index contributed by atoms with van der Waals surface area (Å²) in [4.78, 5) is 21.0. The average molecular weight is 198 g/mol. The van der Waals surface area contributed by atoms with E-state index in [1.807, 2.05) is 0 Å². The average Bonchev–Trinajstić information content (AvgIpc) is 2.48. The van der Waals surface area contributed by atoms with Crippen molar-refractivity contribution in [2.24, 2.45) is 0 Å². The van der Waals surface area contributed by atoms with Crippen LogP contribution in [0.4, 0.5) is 5.69 Å². The van der Waals surface area contributed by atoms with Crippen molar-refractivity contribution in [3.8, 4) is 0 Å². The molecule has 0 aromatic carbocycles. The number of rotatable bonds is 1. The van der Waals surface area contributed by atoms with E-state index in [9.17, 15) is 10.1 Å². The lowest BCUT2D eigenvalue weighted by Crippen LogP contribution is -1.87. The summed E-state index contributed by atoms with van der Waals surface area (Å²) in [5.74, 6) is 0. The van der Waals surface area contributed by atoms with Crippen molar-refractivity contribution >= 4 is 28.3 Å². The fourth-order valence-corrected chi connectivity index (χ4v) is 1.16. The summed E-state index contributed by atoms with van der Waals surface area (Å²) in [5.41, 5.74) is 0.278. The number of hydrogen-bond acceptors (Lipinski definition) is 4. The highest BCUT2D eigenvalue weighted by Crippen LogP contribution is 2.25. The monoisotopic (exact) mass is 197 g/mol. The van der Waals surface area contributed by atoms with E-state index >= 15 is 0 Å². The number of aromatic nitrogens is 3. The fraction of sp³-hybridized carbons (Fsp3) is 0. The molecule has 13 heavy (non-hydrogen) atoms. The van der Waals surface area contributed by atoms with Gasteiger partial charge in [-0.1, -0.05) is 23.3 Å². The highest BCUT2D eigenvalue weighted by molar-refractivity contribution is 6.33. The molecule has 2 aromatic heterocycles. The number of nitro groups is 1. The van der Waals surface area contributed by atoms with E-state index in [0.29, 0.717) is 0 Å². The minimum atomic E-state index is -0.557. The maximum atomic E-state index is 10.4. The van der Waals surface area contributed by atoms with Crippen molar-refractivity contribution in [3.05, 3.63) is 27.8 Å². The van der Waals surface area contributed by atoms with Gasteiger partial charge >= 0.3 is 0 Å². The van der Waals surface area contributed by atoms with Crippen LogP contribution in [0.2, 0.25) is 5.15 Å². The van der Waals surface area contributed by atoms with Crippen molar-refractivity contribution < 1.29 is 4.92 Å². The van der Waals surface area contributed by atoms with Gasteiger partial charge in [-0.25, -0.2) is 9.97 Å². The van der Waals surface area contributed by atoms with Gasteiger partial charge in [0.25, 0.3) is 5.69 Å². The molecule has 0 aliphatic heterocycles. The van der Waals surface area contributed by atoms with Crippen LogP contribution in [0.5, 0.6) is 0 Å². The maximum Gasteiger partial charge on any atom is 0.272 e. The Labute approximate surface area is 76.7 Å². The van der Waals surface area contributed by atoms with Crippen LogP contribution < -0.4 is 4.98 Å². The Morgan fingerprint density at radius 2 is 2.31 bits per heavy atom. The zero-order chi connectivity index (χ0) is 9.42. The molecule has 0 aliphatic carbocycles. The molecule has 0 spiro atoms. The second-order valence-corrected chi connectivity index (χ2v) is 2.62. The molecule has 0 fully saturated rings. The van der Waals surface area contributed by atoms with E-state index in [1.54, 1.807) is 0 Å². The normalized spacial score (nSPS) is 10.5. The second kappa shape index (κ2) is 2.67. The molecule has 0 unspecified atom stereocenters. The van der Waals surface area contributed by atoms with E-state index in [0.717, 1.165) is 6.20 Å². The molecule has 0 saturated carbocycles. The van der Waals surface area contributed by atoms with E-state index < -0.39 is 4.92 Å². The van der Waals surface area contributed by atoms with Gasteiger partial charge in [0.2, 0.25) is 0 Å². The molecule has 2 aromatic rings. The van der Waals surface area contributed by atoms with Crippen molar-refractivity contribution in [2.75, 3.05) is 0 Å². The highest BCUT2D eigenvalue weighted by atomic mass is 35.5. The summed E-state index contributed by atoms with van der Waals surface area (Å²) in [5, 5.41) is 10.6. The van der Waals surface area contributed by atoms with Crippen LogP contribution in [-0.4, -0.2) is 14.9 Å². The van der Waals surface area contributed by atoms with Crippen LogP contribution in [-0.2, 0) is 0 Å². The Bertz CT molecular complexity index is 480. The van der Waals surface area contributed by atoms with Crippen LogP contribution in [0.3, 0.4) is 0 Å². The predicted octanol–water partition coefficient (Wildman–Crippen LogP) is 1.15. The first-order chi connectivity index (χ1) is 6.20. The fourth-order valence-electron chi connectivity index (χ4n) is 0.980. The van der Waals surface area contributed by atoms with E-state index in [-0.39, 0.29) is 21.9 Å². The van der Waals surface area contributed by atoms with Crippen LogP contribution in [0.15, 0.2) is 12.5 Å². The molecular weight excluding hydrogens is 196 g/mol. The summed E-state index contributed by atoms with van der Waals surface area (Å²) in [7, 11) is 0. The zero-order valence-corrected chi connectivity index (χ0v) is 6.89. The van der Waals surface area contributed by atoms with Crippen LogP contribution in [0, 0.1) is 10.1 Å². The number of hydrogen-bond donors (Lipinski definition) is 0. The molecule has 66 valence electrons. The Kier molecular flexibility index (Phi) is 1.63. The third-order valence-electron chi connectivity index (χ3n) is 1.53. The first kappa shape index (κ1) is 7.93. The van der Waals surface area contributed by atoms with Gasteiger partial charge in [0, 0.05) is 0 Å². The number of nitrogens with zero attached hydrogens (tertiary/aromatic N) is 4. The Balaban J connectivity index is 2.83. The van der Waals surface area contributed by atoms with Gasteiger partial charge < -0.3 is 4.98 Å². The molecule has 0 bridgehead atoms. The lowest BCUT2D eigenvalue weighted by atomic mass is 10.4. The lowest BCUT2D eigenvalue weighted by molar-refractivity contribution is -0.383. The summed E-state index contributed by atoms with van der Waals surface area (Å²) in [6, 6.07) is 0.